The summed E-state index contributed by atoms with van der Waals surface area (Å²) < 4.78 is 40.5. The van der Waals surface area contributed by atoms with Gasteiger partial charge in [-0.3, -0.25) is 0 Å². The summed E-state index contributed by atoms with van der Waals surface area (Å²) in [6.07, 6.45) is 2.42. The highest BCUT2D eigenvalue weighted by Crippen LogP contribution is 2.32. The second-order valence-electron chi connectivity index (χ2n) is 5.07. The lowest BCUT2D eigenvalue weighted by molar-refractivity contribution is 0.178. The summed E-state index contributed by atoms with van der Waals surface area (Å²) in [6, 6.07) is 2.38. The first-order valence-electron chi connectivity index (χ1n) is 6.56. The molecule has 0 saturated heterocycles. The van der Waals surface area contributed by atoms with E-state index in [1.807, 2.05) is 0 Å². The number of benzene rings is 1. The molecule has 112 valence electrons. The molecule has 0 radical (unpaired) electrons. The quantitative estimate of drug-likeness (QED) is 0.802. The Bertz CT molecular complexity index is 600. The van der Waals surface area contributed by atoms with Crippen LogP contribution < -0.4 is 5.73 Å². The van der Waals surface area contributed by atoms with Crippen LogP contribution in [0.5, 0.6) is 0 Å². The van der Waals surface area contributed by atoms with Crippen LogP contribution in [-0.4, -0.2) is 37.0 Å². The first-order valence-corrected chi connectivity index (χ1v) is 8.00. The zero-order valence-corrected chi connectivity index (χ0v) is 12.2. The summed E-state index contributed by atoms with van der Waals surface area (Å²) in [7, 11) is -3.98. The fourth-order valence-electron chi connectivity index (χ4n) is 2.35. The van der Waals surface area contributed by atoms with E-state index in [0.29, 0.717) is 0 Å². The van der Waals surface area contributed by atoms with Crippen molar-refractivity contribution in [1.29, 1.82) is 0 Å². The van der Waals surface area contributed by atoms with Crippen LogP contribution in [0.3, 0.4) is 0 Å². The molecule has 2 rings (SSSR count). The second kappa shape index (κ2) is 5.67. The number of aliphatic hydroxyl groups is 1. The van der Waals surface area contributed by atoms with Crippen LogP contribution in [-0.2, 0) is 10.0 Å². The molecule has 0 aromatic heterocycles. The Morgan fingerprint density at radius 2 is 2.10 bits per heavy atom. The van der Waals surface area contributed by atoms with Crippen molar-refractivity contribution in [3.63, 3.8) is 0 Å². The number of nitrogen functional groups attached to an aromatic ring is 1. The van der Waals surface area contributed by atoms with E-state index in [2.05, 4.69) is 0 Å². The van der Waals surface area contributed by atoms with Gasteiger partial charge in [0.05, 0.1) is 6.61 Å². The van der Waals surface area contributed by atoms with Crippen LogP contribution >= 0.6 is 0 Å². The Balaban J connectivity index is 2.47. The number of hydrogen-bond acceptors (Lipinski definition) is 4. The average molecular weight is 302 g/mol. The molecule has 0 aliphatic heterocycles. The summed E-state index contributed by atoms with van der Waals surface area (Å²) in [5, 5.41) is 9.07. The summed E-state index contributed by atoms with van der Waals surface area (Å²) in [5.41, 5.74) is 6.03. The maximum Gasteiger partial charge on any atom is 0.246 e. The number of rotatable bonds is 5. The number of nitrogens with two attached hydrogens (primary N) is 1. The molecule has 1 aromatic rings. The molecule has 20 heavy (non-hydrogen) atoms. The lowest BCUT2D eigenvalue weighted by atomic mass is 9.93. The van der Waals surface area contributed by atoms with Crippen LogP contribution in [0.25, 0.3) is 0 Å². The van der Waals surface area contributed by atoms with Crippen LogP contribution in [0.2, 0.25) is 0 Å². The van der Waals surface area contributed by atoms with Crippen LogP contribution in [0, 0.1) is 12.7 Å². The predicted molar refractivity (Wildman–Crippen MR) is 74.2 cm³/mol. The highest BCUT2D eigenvalue weighted by molar-refractivity contribution is 7.89. The zero-order chi connectivity index (χ0) is 14.9. The van der Waals surface area contributed by atoms with Gasteiger partial charge in [-0.1, -0.05) is 6.42 Å². The Hall–Kier alpha value is -1.18. The summed E-state index contributed by atoms with van der Waals surface area (Å²) in [5.74, 6) is -0.776. The maximum atomic E-state index is 14.1. The fraction of sp³-hybridized carbons (Fsp3) is 0.538. The molecule has 1 aliphatic carbocycles. The van der Waals surface area contributed by atoms with E-state index in [9.17, 15) is 12.8 Å². The molecular formula is C13H19FN2O3S. The number of sulfonamides is 1. The number of aliphatic hydroxyl groups excluding tert-OH is 1. The normalized spacial score (nSPS) is 16.4. The molecule has 1 saturated carbocycles. The van der Waals surface area contributed by atoms with Gasteiger partial charge in [-0.2, -0.15) is 4.31 Å². The van der Waals surface area contributed by atoms with Crippen molar-refractivity contribution in [2.45, 2.75) is 37.1 Å². The highest BCUT2D eigenvalue weighted by atomic mass is 32.2. The highest BCUT2D eigenvalue weighted by Gasteiger charge is 2.36. The van der Waals surface area contributed by atoms with Gasteiger partial charge in [-0.25, -0.2) is 12.8 Å². The molecule has 0 amide bonds. The van der Waals surface area contributed by atoms with Gasteiger partial charge in [0.2, 0.25) is 10.0 Å². The van der Waals surface area contributed by atoms with Crippen molar-refractivity contribution < 1.29 is 17.9 Å². The first-order chi connectivity index (χ1) is 9.37. The molecule has 0 unspecified atom stereocenters. The van der Waals surface area contributed by atoms with E-state index in [-0.39, 0.29) is 30.4 Å². The molecule has 0 bridgehead atoms. The Kier molecular flexibility index (Phi) is 4.31. The van der Waals surface area contributed by atoms with Gasteiger partial charge in [0.1, 0.15) is 10.7 Å². The predicted octanol–water partition coefficient (Wildman–Crippen LogP) is 1.25. The van der Waals surface area contributed by atoms with Gasteiger partial charge in [-0.05, 0) is 37.5 Å². The Morgan fingerprint density at radius 3 is 2.60 bits per heavy atom. The molecule has 3 N–H and O–H groups in total. The van der Waals surface area contributed by atoms with E-state index in [0.717, 1.165) is 25.3 Å². The molecule has 7 heteroatoms. The van der Waals surface area contributed by atoms with Crippen molar-refractivity contribution >= 4 is 15.7 Å². The number of anilines is 1. The largest absolute Gasteiger partial charge is 0.399 e. The van der Waals surface area contributed by atoms with Gasteiger partial charge < -0.3 is 10.8 Å². The molecule has 0 spiro atoms. The van der Waals surface area contributed by atoms with Crippen LogP contribution in [0.4, 0.5) is 10.1 Å². The SMILES string of the molecule is Cc1cc(N)cc(S(=O)(=O)N(CCO)C2CCC2)c1F. The fourth-order valence-corrected chi connectivity index (χ4v) is 4.20. The number of aryl methyl sites for hydroxylation is 1. The molecule has 1 aromatic carbocycles. The molecule has 0 atom stereocenters. The second-order valence-corrected chi connectivity index (χ2v) is 6.93. The van der Waals surface area contributed by atoms with Crippen molar-refractivity contribution in [3.8, 4) is 0 Å². The lowest BCUT2D eigenvalue weighted by Crippen LogP contribution is -2.45. The van der Waals surface area contributed by atoms with Gasteiger partial charge in [-0.15, -0.1) is 0 Å². The number of halogens is 1. The third-order valence-corrected chi connectivity index (χ3v) is 5.58. The van der Waals surface area contributed by atoms with Gasteiger partial charge >= 0.3 is 0 Å². The smallest absolute Gasteiger partial charge is 0.246 e. The standard InChI is InChI=1S/C13H19FN2O3S/c1-9-7-10(15)8-12(13(9)14)20(18,19)16(5-6-17)11-3-2-4-11/h7-8,11,17H,2-6,15H2,1H3. The minimum Gasteiger partial charge on any atom is -0.399 e. The maximum absolute atomic E-state index is 14.1. The summed E-state index contributed by atoms with van der Waals surface area (Å²) in [4.78, 5) is -0.407. The molecule has 1 fully saturated rings. The van der Waals surface area contributed by atoms with Crippen LogP contribution in [0.15, 0.2) is 17.0 Å². The third-order valence-electron chi connectivity index (χ3n) is 3.63. The minimum atomic E-state index is -3.98. The molecule has 0 heterocycles. The van der Waals surface area contributed by atoms with E-state index in [4.69, 9.17) is 10.8 Å². The first kappa shape index (κ1) is 15.2. The van der Waals surface area contributed by atoms with E-state index < -0.39 is 20.7 Å². The number of hydrogen-bond donors (Lipinski definition) is 2. The van der Waals surface area contributed by atoms with Crippen LogP contribution in [0.1, 0.15) is 24.8 Å². The van der Waals surface area contributed by atoms with E-state index in [1.54, 1.807) is 0 Å². The zero-order valence-electron chi connectivity index (χ0n) is 11.3. The average Bonchev–Trinajstić information content (AvgIpc) is 2.30. The summed E-state index contributed by atoms with van der Waals surface area (Å²) in [6.45, 7) is 1.16. The summed E-state index contributed by atoms with van der Waals surface area (Å²) >= 11 is 0. The Labute approximate surface area is 118 Å². The monoisotopic (exact) mass is 302 g/mol. The lowest BCUT2D eigenvalue weighted by Gasteiger charge is -2.36. The van der Waals surface area contributed by atoms with E-state index in [1.165, 1.54) is 17.3 Å². The van der Waals surface area contributed by atoms with Crippen molar-refractivity contribution in [1.82, 2.24) is 4.31 Å². The van der Waals surface area contributed by atoms with Gasteiger partial charge in [0.15, 0.2) is 0 Å². The van der Waals surface area contributed by atoms with Gasteiger partial charge in [0, 0.05) is 18.3 Å². The molecule has 5 nitrogen and oxygen atoms in total. The minimum absolute atomic E-state index is 0.0275. The van der Waals surface area contributed by atoms with Crippen molar-refractivity contribution in [2.75, 3.05) is 18.9 Å². The third kappa shape index (κ3) is 2.65. The van der Waals surface area contributed by atoms with Crippen molar-refractivity contribution in [2.24, 2.45) is 0 Å². The van der Waals surface area contributed by atoms with E-state index >= 15 is 0 Å². The van der Waals surface area contributed by atoms with Gasteiger partial charge in [0.25, 0.3) is 0 Å². The van der Waals surface area contributed by atoms with Crippen molar-refractivity contribution in [3.05, 3.63) is 23.5 Å². The number of nitrogens with zero attached hydrogens (tertiary/aromatic N) is 1. The Morgan fingerprint density at radius 1 is 1.45 bits per heavy atom. The topological polar surface area (TPSA) is 83.6 Å². The molecule has 1 aliphatic rings. The molecular weight excluding hydrogens is 283 g/mol.